The molecule has 1 heterocycles. The largest absolute Gasteiger partial charge is 0.383 e. The van der Waals surface area contributed by atoms with Gasteiger partial charge in [-0.1, -0.05) is 55.1 Å². The number of nitrogens with zero attached hydrogens (tertiary/aromatic N) is 2. The molecule has 1 unspecified atom stereocenters. The average molecular weight is 397 g/mol. The standard InChI is InChI=1S/C22H24N2O3S/c1-4-16-9-11-17(12-10-16)20(25)15(2)28-22-23-19-8-6-5-7-18(19)21(26)24(22)13-14-27-3/h5-12,15H,4,13-14H2,1-3H3. The number of ketones is 1. The molecule has 0 saturated carbocycles. The van der Waals surface area contributed by atoms with Crippen molar-refractivity contribution in [1.82, 2.24) is 9.55 Å². The van der Waals surface area contributed by atoms with E-state index in [1.54, 1.807) is 17.7 Å². The predicted octanol–water partition coefficient (Wildman–Crippen LogP) is 3.97. The lowest BCUT2D eigenvalue weighted by Gasteiger charge is -2.16. The Morgan fingerprint density at radius 1 is 1.18 bits per heavy atom. The molecule has 0 saturated heterocycles. The highest BCUT2D eigenvalue weighted by Crippen LogP contribution is 2.25. The second-order valence-corrected chi connectivity index (χ2v) is 7.84. The van der Waals surface area contributed by atoms with Crippen molar-refractivity contribution in [3.05, 3.63) is 70.0 Å². The van der Waals surface area contributed by atoms with Crippen LogP contribution in [0.15, 0.2) is 58.5 Å². The number of para-hydroxylation sites is 1. The Morgan fingerprint density at radius 3 is 2.57 bits per heavy atom. The molecule has 1 aromatic heterocycles. The molecule has 0 N–H and O–H groups in total. The number of Topliss-reactive ketones (excluding diaryl/α,β-unsaturated/α-hetero) is 1. The van der Waals surface area contributed by atoms with Crippen molar-refractivity contribution in [1.29, 1.82) is 0 Å². The van der Waals surface area contributed by atoms with Crippen LogP contribution in [0, 0.1) is 0 Å². The van der Waals surface area contributed by atoms with Gasteiger partial charge in [0.2, 0.25) is 0 Å². The van der Waals surface area contributed by atoms with Crippen molar-refractivity contribution in [3.63, 3.8) is 0 Å². The molecule has 1 atom stereocenters. The molecule has 5 nitrogen and oxygen atoms in total. The number of benzene rings is 2. The van der Waals surface area contributed by atoms with Gasteiger partial charge in [-0.2, -0.15) is 0 Å². The van der Waals surface area contributed by atoms with Crippen LogP contribution < -0.4 is 5.56 Å². The first-order valence-electron chi connectivity index (χ1n) is 9.33. The summed E-state index contributed by atoms with van der Waals surface area (Å²) in [5.41, 5.74) is 2.39. The van der Waals surface area contributed by atoms with E-state index >= 15 is 0 Å². The van der Waals surface area contributed by atoms with E-state index in [0.29, 0.717) is 34.8 Å². The summed E-state index contributed by atoms with van der Waals surface area (Å²) in [7, 11) is 1.60. The van der Waals surface area contributed by atoms with Gasteiger partial charge in [-0.25, -0.2) is 4.98 Å². The summed E-state index contributed by atoms with van der Waals surface area (Å²) in [4.78, 5) is 30.4. The van der Waals surface area contributed by atoms with Gasteiger partial charge < -0.3 is 4.74 Å². The van der Waals surface area contributed by atoms with Gasteiger partial charge in [0.25, 0.3) is 5.56 Å². The predicted molar refractivity (Wildman–Crippen MR) is 113 cm³/mol. The third-order valence-corrected chi connectivity index (χ3v) is 5.73. The molecule has 146 valence electrons. The van der Waals surface area contributed by atoms with Crippen molar-refractivity contribution in [2.45, 2.75) is 37.2 Å². The van der Waals surface area contributed by atoms with Crippen molar-refractivity contribution < 1.29 is 9.53 Å². The SMILES string of the molecule is CCc1ccc(C(=O)C(C)Sc2nc3ccccc3c(=O)n2CCOC)cc1. The molecule has 6 heteroatoms. The first-order valence-corrected chi connectivity index (χ1v) is 10.2. The van der Waals surface area contributed by atoms with E-state index in [1.165, 1.54) is 17.3 Å². The van der Waals surface area contributed by atoms with E-state index in [4.69, 9.17) is 4.74 Å². The zero-order valence-electron chi connectivity index (χ0n) is 16.3. The Labute approximate surface area is 168 Å². The number of thioether (sulfide) groups is 1. The van der Waals surface area contributed by atoms with Crippen molar-refractivity contribution >= 4 is 28.4 Å². The van der Waals surface area contributed by atoms with Crippen LogP contribution in [0.1, 0.15) is 29.8 Å². The summed E-state index contributed by atoms with van der Waals surface area (Å²) in [5.74, 6) is 0.0216. The normalized spacial score (nSPS) is 12.2. The van der Waals surface area contributed by atoms with Crippen LogP contribution in [-0.4, -0.2) is 34.3 Å². The summed E-state index contributed by atoms with van der Waals surface area (Å²) in [6, 6.07) is 15.0. The lowest BCUT2D eigenvalue weighted by atomic mass is 10.1. The minimum atomic E-state index is -0.366. The second-order valence-electron chi connectivity index (χ2n) is 6.54. The van der Waals surface area contributed by atoms with Crippen molar-refractivity contribution in [2.75, 3.05) is 13.7 Å². The van der Waals surface area contributed by atoms with E-state index in [9.17, 15) is 9.59 Å². The minimum absolute atomic E-state index is 0.0216. The molecule has 0 aliphatic rings. The van der Waals surface area contributed by atoms with E-state index in [-0.39, 0.29) is 16.6 Å². The zero-order chi connectivity index (χ0) is 20.1. The first-order chi connectivity index (χ1) is 13.5. The fourth-order valence-electron chi connectivity index (χ4n) is 2.97. The Hall–Kier alpha value is -2.44. The number of aryl methyl sites for hydroxylation is 1. The van der Waals surface area contributed by atoms with E-state index in [2.05, 4.69) is 11.9 Å². The molecular formula is C22H24N2O3S. The minimum Gasteiger partial charge on any atom is -0.383 e. The Balaban J connectivity index is 1.92. The van der Waals surface area contributed by atoms with Gasteiger partial charge in [0.1, 0.15) is 0 Å². The van der Waals surface area contributed by atoms with Gasteiger partial charge in [-0.15, -0.1) is 0 Å². The fraction of sp³-hybridized carbons (Fsp3) is 0.318. The summed E-state index contributed by atoms with van der Waals surface area (Å²) < 4.78 is 6.75. The van der Waals surface area contributed by atoms with Crippen LogP contribution in [0.4, 0.5) is 0 Å². The molecule has 0 radical (unpaired) electrons. The highest BCUT2D eigenvalue weighted by atomic mass is 32.2. The molecule has 0 aliphatic carbocycles. The lowest BCUT2D eigenvalue weighted by molar-refractivity contribution is 0.0994. The first kappa shape index (κ1) is 20.3. The molecular weight excluding hydrogens is 372 g/mol. The molecule has 0 amide bonds. The van der Waals surface area contributed by atoms with Gasteiger partial charge in [0.15, 0.2) is 10.9 Å². The Kier molecular flexibility index (Phi) is 6.65. The summed E-state index contributed by atoms with van der Waals surface area (Å²) in [6.07, 6.45) is 0.936. The average Bonchev–Trinajstić information content (AvgIpc) is 2.73. The molecule has 2 aromatic carbocycles. The van der Waals surface area contributed by atoms with E-state index in [1.807, 2.05) is 49.4 Å². The summed E-state index contributed by atoms with van der Waals surface area (Å²) in [6.45, 7) is 4.72. The number of rotatable bonds is 8. The van der Waals surface area contributed by atoms with Gasteiger partial charge in [-0.3, -0.25) is 14.2 Å². The number of methoxy groups -OCH3 is 1. The van der Waals surface area contributed by atoms with Crippen LogP contribution in [0.3, 0.4) is 0 Å². The molecule has 3 rings (SSSR count). The second kappa shape index (κ2) is 9.17. The van der Waals surface area contributed by atoms with E-state index < -0.39 is 0 Å². The van der Waals surface area contributed by atoms with Gasteiger partial charge in [-0.05, 0) is 31.0 Å². The highest BCUT2D eigenvalue weighted by molar-refractivity contribution is 8.00. The molecule has 0 bridgehead atoms. The van der Waals surface area contributed by atoms with Crippen molar-refractivity contribution in [3.8, 4) is 0 Å². The molecule has 0 fully saturated rings. The molecule has 3 aromatic rings. The number of fused-ring (bicyclic) bond motifs is 1. The van der Waals surface area contributed by atoms with E-state index in [0.717, 1.165) is 6.42 Å². The zero-order valence-corrected chi connectivity index (χ0v) is 17.2. The maximum atomic E-state index is 12.9. The van der Waals surface area contributed by atoms with Gasteiger partial charge in [0, 0.05) is 12.7 Å². The lowest BCUT2D eigenvalue weighted by Crippen LogP contribution is -2.26. The molecule has 0 aliphatic heterocycles. The fourth-order valence-corrected chi connectivity index (χ4v) is 3.98. The number of hydrogen-bond donors (Lipinski definition) is 0. The van der Waals surface area contributed by atoms with Crippen LogP contribution in [0.5, 0.6) is 0 Å². The summed E-state index contributed by atoms with van der Waals surface area (Å²) >= 11 is 1.31. The Bertz CT molecular complexity index is 1030. The Morgan fingerprint density at radius 2 is 1.89 bits per heavy atom. The van der Waals surface area contributed by atoms with Gasteiger partial charge >= 0.3 is 0 Å². The topological polar surface area (TPSA) is 61.2 Å². The maximum Gasteiger partial charge on any atom is 0.262 e. The maximum absolute atomic E-state index is 12.9. The third-order valence-electron chi connectivity index (χ3n) is 4.64. The number of ether oxygens (including phenoxy) is 1. The third kappa shape index (κ3) is 4.34. The monoisotopic (exact) mass is 396 g/mol. The number of carbonyl (C=O) groups is 1. The quantitative estimate of drug-likeness (QED) is 0.328. The number of hydrogen-bond acceptors (Lipinski definition) is 5. The van der Waals surface area contributed by atoms with Crippen LogP contribution in [0.25, 0.3) is 10.9 Å². The van der Waals surface area contributed by atoms with Crippen LogP contribution in [0.2, 0.25) is 0 Å². The van der Waals surface area contributed by atoms with Crippen LogP contribution in [-0.2, 0) is 17.7 Å². The molecule has 0 spiro atoms. The van der Waals surface area contributed by atoms with Gasteiger partial charge in [0.05, 0.1) is 29.3 Å². The molecule has 28 heavy (non-hydrogen) atoms. The highest BCUT2D eigenvalue weighted by Gasteiger charge is 2.20. The number of aromatic nitrogens is 2. The smallest absolute Gasteiger partial charge is 0.262 e. The van der Waals surface area contributed by atoms with Crippen molar-refractivity contribution in [2.24, 2.45) is 0 Å². The summed E-state index contributed by atoms with van der Waals surface area (Å²) in [5, 5.41) is 0.734. The van der Waals surface area contributed by atoms with Crippen LogP contribution >= 0.6 is 11.8 Å². The number of carbonyl (C=O) groups excluding carboxylic acids is 1.